The van der Waals surface area contributed by atoms with Gasteiger partial charge in [0.05, 0.1) is 6.67 Å². The number of aldehydes is 1. The number of hydrogen-bond acceptors (Lipinski definition) is 7. The minimum absolute atomic E-state index is 0.113. The van der Waals surface area contributed by atoms with E-state index in [9.17, 15) is 4.79 Å². The van der Waals surface area contributed by atoms with Crippen molar-refractivity contribution in [2.45, 2.75) is 19.0 Å². The number of hydrogen-bond donors (Lipinski definition) is 0. The van der Waals surface area contributed by atoms with Crippen LogP contribution >= 0.6 is 11.8 Å². The van der Waals surface area contributed by atoms with Gasteiger partial charge < -0.3 is 19.2 Å². The summed E-state index contributed by atoms with van der Waals surface area (Å²) in [7, 11) is 0. The molecule has 2 aromatic carbocycles. The summed E-state index contributed by atoms with van der Waals surface area (Å²) in [6, 6.07) is 16.4. The lowest BCUT2D eigenvalue weighted by Gasteiger charge is -2.37. The van der Waals surface area contributed by atoms with Crippen molar-refractivity contribution in [3.63, 3.8) is 0 Å². The van der Waals surface area contributed by atoms with Crippen LogP contribution in [0.3, 0.4) is 0 Å². The Balaban J connectivity index is 1.44. The lowest BCUT2D eigenvalue weighted by molar-refractivity contribution is -0.108. The first-order valence-corrected chi connectivity index (χ1v) is 10.5. The monoisotopic (exact) mass is 407 g/mol. The first-order valence-electron chi connectivity index (χ1n) is 9.68. The highest BCUT2D eigenvalue weighted by molar-refractivity contribution is 8.22. The molecule has 0 fully saturated rings. The molecule has 0 radical (unpaired) electrons. The third kappa shape index (κ3) is 3.63. The number of carbonyl (C=O) groups excluding carboxylic acids is 1. The van der Waals surface area contributed by atoms with Crippen LogP contribution in [0.4, 0.5) is 0 Å². The van der Waals surface area contributed by atoms with Crippen LogP contribution in [-0.2, 0) is 4.79 Å². The summed E-state index contributed by atoms with van der Waals surface area (Å²) < 4.78 is 11.0. The van der Waals surface area contributed by atoms with Gasteiger partial charge in [0.1, 0.15) is 12.5 Å². The molecular formula is C22H21N3O3S. The zero-order valence-electron chi connectivity index (χ0n) is 15.9. The van der Waals surface area contributed by atoms with Crippen LogP contribution in [0.15, 0.2) is 59.7 Å². The zero-order chi connectivity index (χ0) is 19.6. The Kier molecular flexibility index (Phi) is 4.99. The summed E-state index contributed by atoms with van der Waals surface area (Å²) in [6.45, 7) is 1.79. The van der Waals surface area contributed by atoms with E-state index in [1.807, 2.05) is 18.2 Å². The molecule has 1 atom stereocenters. The SMILES string of the molecule is O=CCCCN1CN2C=C(c3ccccc3)SC2=NC1c1ccc2c(c1)OCO2. The maximum atomic E-state index is 10.8. The maximum Gasteiger partial charge on any atom is 0.231 e. The third-order valence-electron chi connectivity index (χ3n) is 5.15. The molecule has 0 N–H and O–H groups in total. The van der Waals surface area contributed by atoms with Gasteiger partial charge in [0.25, 0.3) is 0 Å². The van der Waals surface area contributed by atoms with Gasteiger partial charge in [-0.05, 0) is 41.4 Å². The summed E-state index contributed by atoms with van der Waals surface area (Å²) >= 11 is 1.70. The Morgan fingerprint density at radius 1 is 1.14 bits per heavy atom. The van der Waals surface area contributed by atoms with E-state index in [1.165, 1.54) is 10.5 Å². The summed E-state index contributed by atoms with van der Waals surface area (Å²) in [4.78, 5) is 21.6. The minimum atomic E-state index is -0.113. The number of aliphatic imine (C=N–C) groups is 1. The fraction of sp³-hybridized carbons (Fsp3) is 0.273. The van der Waals surface area contributed by atoms with Crippen LogP contribution in [0.1, 0.15) is 30.1 Å². The zero-order valence-corrected chi connectivity index (χ0v) is 16.7. The fourth-order valence-corrected chi connectivity index (χ4v) is 4.72. The van der Waals surface area contributed by atoms with Gasteiger partial charge in [0.15, 0.2) is 16.7 Å². The highest BCUT2D eigenvalue weighted by atomic mass is 32.2. The number of rotatable bonds is 6. The van der Waals surface area contributed by atoms with Gasteiger partial charge in [-0.2, -0.15) is 0 Å². The molecule has 148 valence electrons. The molecule has 1 unspecified atom stereocenters. The Labute approximate surface area is 173 Å². The van der Waals surface area contributed by atoms with Crippen molar-refractivity contribution >= 4 is 28.1 Å². The first-order chi connectivity index (χ1) is 14.3. The van der Waals surface area contributed by atoms with Crippen molar-refractivity contribution in [3.8, 4) is 11.5 Å². The van der Waals surface area contributed by atoms with Crippen molar-refractivity contribution in [2.75, 3.05) is 20.0 Å². The van der Waals surface area contributed by atoms with Gasteiger partial charge in [0.2, 0.25) is 6.79 Å². The van der Waals surface area contributed by atoms with Crippen LogP contribution in [0.5, 0.6) is 11.5 Å². The van der Waals surface area contributed by atoms with Crippen LogP contribution in [0, 0.1) is 0 Å². The Bertz CT molecular complexity index is 977. The number of unbranched alkanes of at least 4 members (excludes halogenated alkanes) is 1. The quantitative estimate of drug-likeness (QED) is 0.532. The predicted octanol–water partition coefficient (Wildman–Crippen LogP) is 4.07. The number of carbonyl (C=O) groups is 1. The molecule has 0 saturated heterocycles. The summed E-state index contributed by atoms with van der Waals surface area (Å²) in [5, 5.41) is 0.998. The number of fused-ring (bicyclic) bond motifs is 2. The fourth-order valence-electron chi connectivity index (χ4n) is 3.71. The average molecular weight is 407 g/mol. The van der Waals surface area contributed by atoms with Crippen LogP contribution in [0.2, 0.25) is 0 Å². The molecule has 7 heteroatoms. The number of ether oxygens (including phenoxy) is 2. The van der Waals surface area contributed by atoms with Crippen LogP contribution < -0.4 is 9.47 Å². The molecular weight excluding hydrogens is 386 g/mol. The molecule has 0 aliphatic carbocycles. The maximum absolute atomic E-state index is 10.8. The van der Waals surface area contributed by atoms with E-state index in [2.05, 4.69) is 46.3 Å². The highest BCUT2D eigenvalue weighted by Gasteiger charge is 2.33. The number of amidine groups is 1. The van der Waals surface area contributed by atoms with Crippen LogP contribution in [0.25, 0.3) is 4.91 Å². The molecule has 3 aliphatic rings. The van der Waals surface area contributed by atoms with Crippen molar-refractivity contribution in [3.05, 3.63) is 65.9 Å². The van der Waals surface area contributed by atoms with Gasteiger partial charge >= 0.3 is 0 Å². The van der Waals surface area contributed by atoms with E-state index in [4.69, 9.17) is 14.5 Å². The normalized spacial score (nSPS) is 20.3. The first kappa shape index (κ1) is 18.3. The van der Waals surface area contributed by atoms with Gasteiger partial charge in [-0.3, -0.25) is 4.90 Å². The van der Waals surface area contributed by atoms with Gasteiger partial charge in [-0.25, -0.2) is 4.99 Å². The molecule has 0 amide bonds. The topological polar surface area (TPSA) is 54.4 Å². The predicted molar refractivity (Wildman–Crippen MR) is 113 cm³/mol. The summed E-state index contributed by atoms with van der Waals surface area (Å²) in [5.74, 6) is 1.54. The molecule has 0 saturated carbocycles. The number of nitrogens with zero attached hydrogens (tertiary/aromatic N) is 3. The Hall–Kier alpha value is -2.77. The second-order valence-electron chi connectivity index (χ2n) is 7.09. The third-order valence-corrected chi connectivity index (χ3v) is 6.24. The summed E-state index contributed by atoms with van der Waals surface area (Å²) in [5.41, 5.74) is 2.27. The average Bonchev–Trinajstić information content (AvgIpc) is 3.40. The molecule has 3 aliphatic heterocycles. The van der Waals surface area contributed by atoms with Crippen molar-refractivity contribution < 1.29 is 14.3 Å². The molecule has 5 rings (SSSR count). The van der Waals surface area contributed by atoms with Crippen molar-refractivity contribution in [1.82, 2.24) is 9.80 Å². The molecule has 0 bridgehead atoms. The molecule has 6 nitrogen and oxygen atoms in total. The van der Waals surface area contributed by atoms with Crippen molar-refractivity contribution in [1.29, 1.82) is 0 Å². The van der Waals surface area contributed by atoms with E-state index in [1.54, 1.807) is 11.8 Å². The largest absolute Gasteiger partial charge is 0.454 e. The van der Waals surface area contributed by atoms with E-state index in [0.717, 1.165) is 48.2 Å². The Morgan fingerprint density at radius 3 is 2.86 bits per heavy atom. The Morgan fingerprint density at radius 2 is 2.00 bits per heavy atom. The van der Waals surface area contributed by atoms with E-state index in [0.29, 0.717) is 6.42 Å². The standard InChI is InChI=1S/C22H21N3O3S/c26-11-5-4-10-24-14-25-13-20(16-6-2-1-3-7-16)29-22(25)23-21(24)17-8-9-18-19(12-17)28-15-27-18/h1-3,6-9,11-13,21H,4-5,10,14-15H2. The highest BCUT2D eigenvalue weighted by Crippen LogP contribution is 2.42. The lowest BCUT2D eigenvalue weighted by Crippen LogP contribution is -2.43. The molecule has 0 aromatic heterocycles. The number of benzene rings is 2. The summed E-state index contributed by atoms with van der Waals surface area (Å²) in [6.07, 6.45) is 4.40. The van der Waals surface area contributed by atoms with E-state index in [-0.39, 0.29) is 13.0 Å². The second kappa shape index (κ2) is 7.93. The molecule has 3 heterocycles. The molecule has 0 spiro atoms. The molecule has 29 heavy (non-hydrogen) atoms. The van der Waals surface area contributed by atoms with Gasteiger partial charge in [-0.1, -0.05) is 36.4 Å². The smallest absolute Gasteiger partial charge is 0.231 e. The van der Waals surface area contributed by atoms with E-state index >= 15 is 0 Å². The van der Waals surface area contributed by atoms with Gasteiger partial charge in [0, 0.05) is 24.1 Å². The minimum Gasteiger partial charge on any atom is -0.454 e. The van der Waals surface area contributed by atoms with Crippen molar-refractivity contribution in [2.24, 2.45) is 4.99 Å². The van der Waals surface area contributed by atoms with Crippen LogP contribution in [-0.4, -0.2) is 41.3 Å². The number of thioether (sulfide) groups is 1. The van der Waals surface area contributed by atoms with E-state index < -0.39 is 0 Å². The van der Waals surface area contributed by atoms with Gasteiger partial charge in [-0.15, -0.1) is 0 Å². The lowest BCUT2D eigenvalue weighted by atomic mass is 10.1. The second-order valence-corrected chi connectivity index (χ2v) is 8.10. The molecule has 2 aromatic rings.